The van der Waals surface area contributed by atoms with Crippen molar-refractivity contribution >= 4 is 5.91 Å². The smallest absolute Gasteiger partial charge is 0.233 e. The number of H-pyrrole nitrogens is 1. The van der Waals surface area contributed by atoms with Gasteiger partial charge in [-0.2, -0.15) is 5.10 Å². The van der Waals surface area contributed by atoms with Gasteiger partial charge in [-0.05, 0) is 55.2 Å². The van der Waals surface area contributed by atoms with E-state index < -0.39 is 0 Å². The Morgan fingerprint density at radius 1 is 1.24 bits per heavy atom. The van der Waals surface area contributed by atoms with E-state index in [9.17, 15) is 4.79 Å². The molecule has 2 saturated carbocycles. The maximum Gasteiger partial charge on any atom is 0.233 e. The molecule has 1 aromatic heterocycles. The highest BCUT2D eigenvalue weighted by molar-refractivity contribution is 5.91. The Morgan fingerprint density at radius 3 is 2.59 bits per heavy atom. The highest BCUT2D eigenvalue weighted by atomic mass is 16.5. The van der Waals surface area contributed by atoms with Crippen molar-refractivity contribution in [3.63, 3.8) is 0 Å². The molecular formula is C23H30N4O2. The zero-order valence-electron chi connectivity index (χ0n) is 17.4. The molecule has 1 spiro atoms. The molecule has 2 heterocycles. The lowest BCUT2D eigenvalue weighted by atomic mass is 9.62. The van der Waals surface area contributed by atoms with Gasteiger partial charge in [-0.25, -0.2) is 4.98 Å². The third-order valence-corrected chi connectivity index (χ3v) is 7.43. The van der Waals surface area contributed by atoms with Crippen LogP contribution in [0.15, 0.2) is 24.3 Å². The lowest BCUT2D eigenvalue weighted by Crippen LogP contribution is -2.41. The van der Waals surface area contributed by atoms with Crippen molar-refractivity contribution in [3.05, 3.63) is 41.5 Å². The molecule has 5 rings (SSSR count). The number of rotatable bonds is 6. The first-order valence-electron chi connectivity index (χ1n) is 11.0. The number of amides is 1. The number of hydrogen-bond acceptors (Lipinski definition) is 4. The van der Waals surface area contributed by atoms with Gasteiger partial charge in [0.15, 0.2) is 5.82 Å². The van der Waals surface area contributed by atoms with E-state index in [0.29, 0.717) is 5.91 Å². The number of ether oxygens (including phenoxy) is 1. The van der Waals surface area contributed by atoms with Gasteiger partial charge in [0.1, 0.15) is 11.6 Å². The van der Waals surface area contributed by atoms with Crippen molar-refractivity contribution in [1.82, 2.24) is 20.1 Å². The first-order chi connectivity index (χ1) is 14.1. The molecule has 6 heteroatoms. The second-order valence-electron chi connectivity index (χ2n) is 9.16. The van der Waals surface area contributed by atoms with Gasteiger partial charge < -0.3 is 9.64 Å². The van der Waals surface area contributed by atoms with E-state index in [1.807, 2.05) is 12.1 Å². The number of methoxy groups -OCH3 is 1. The quantitative estimate of drug-likeness (QED) is 0.813. The van der Waals surface area contributed by atoms with Crippen LogP contribution in [0.2, 0.25) is 0 Å². The third-order valence-electron chi connectivity index (χ3n) is 7.43. The average molecular weight is 395 g/mol. The first kappa shape index (κ1) is 18.6. The Hall–Kier alpha value is -2.37. The minimum absolute atomic E-state index is 0.178. The topological polar surface area (TPSA) is 71.1 Å². The van der Waals surface area contributed by atoms with Crippen molar-refractivity contribution in [1.29, 1.82) is 0 Å². The fraction of sp³-hybridized carbons (Fsp3) is 0.609. The highest BCUT2D eigenvalue weighted by Crippen LogP contribution is 2.57. The maximum atomic E-state index is 13.6. The summed E-state index contributed by atoms with van der Waals surface area (Å²) in [4.78, 5) is 20.6. The lowest BCUT2D eigenvalue weighted by Gasteiger charge is -2.41. The van der Waals surface area contributed by atoms with Crippen LogP contribution in [0.25, 0.3) is 0 Å². The second kappa shape index (κ2) is 6.85. The number of carbonyl (C=O) groups is 1. The van der Waals surface area contributed by atoms with Crippen molar-refractivity contribution in [3.8, 4) is 5.75 Å². The molecule has 1 unspecified atom stereocenters. The molecule has 3 aliphatic rings. The SMILES string of the molecule is CCCc1nc(C2CN(C(=O)C3(c4ccc(OC)cc4)CC3)CC23CCC3)n[nH]1. The number of nitrogens with zero attached hydrogens (tertiary/aromatic N) is 3. The number of aromatic amines is 1. The van der Waals surface area contributed by atoms with Crippen LogP contribution in [0.4, 0.5) is 0 Å². The van der Waals surface area contributed by atoms with E-state index in [1.165, 1.54) is 19.3 Å². The standard InChI is InChI=1S/C23H30N4O2/c1-3-5-19-24-20(26-25-19)18-14-27(15-22(18)10-4-11-22)21(28)23(12-13-23)16-6-8-17(29-2)9-7-16/h6-9,18H,3-5,10-15H2,1-2H3,(H,24,25,26). The van der Waals surface area contributed by atoms with Gasteiger partial charge in [0.05, 0.1) is 12.5 Å². The Morgan fingerprint density at radius 2 is 2.00 bits per heavy atom. The zero-order chi connectivity index (χ0) is 20.1. The van der Waals surface area contributed by atoms with Crippen molar-refractivity contribution in [2.75, 3.05) is 20.2 Å². The fourth-order valence-corrected chi connectivity index (χ4v) is 5.39. The number of aromatic nitrogens is 3. The molecule has 154 valence electrons. The molecule has 2 aromatic rings. The third kappa shape index (κ3) is 2.95. The largest absolute Gasteiger partial charge is 0.497 e. The highest BCUT2D eigenvalue weighted by Gasteiger charge is 2.59. The van der Waals surface area contributed by atoms with Gasteiger partial charge in [0.25, 0.3) is 0 Å². The van der Waals surface area contributed by atoms with Gasteiger partial charge >= 0.3 is 0 Å². The van der Waals surface area contributed by atoms with Crippen LogP contribution in [0.1, 0.15) is 68.6 Å². The summed E-state index contributed by atoms with van der Waals surface area (Å²) in [5, 5.41) is 7.67. The van der Waals surface area contributed by atoms with E-state index in [0.717, 1.165) is 61.7 Å². The van der Waals surface area contributed by atoms with Gasteiger partial charge in [-0.15, -0.1) is 0 Å². The first-order valence-corrected chi connectivity index (χ1v) is 11.0. The van der Waals surface area contributed by atoms with Crippen LogP contribution in [0.5, 0.6) is 5.75 Å². The lowest BCUT2D eigenvalue weighted by molar-refractivity contribution is -0.133. The predicted octanol–water partition coefficient (Wildman–Crippen LogP) is 3.59. The molecule has 1 aliphatic heterocycles. The summed E-state index contributed by atoms with van der Waals surface area (Å²) in [5.74, 6) is 3.27. The Labute approximate surface area is 172 Å². The molecule has 3 fully saturated rings. The van der Waals surface area contributed by atoms with Gasteiger partial charge in [0.2, 0.25) is 5.91 Å². The molecule has 1 aromatic carbocycles. The van der Waals surface area contributed by atoms with E-state index in [-0.39, 0.29) is 16.7 Å². The number of hydrogen-bond donors (Lipinski definition) is 1. The summed E-state index contributed by atoms with van der Waals surface area (Å²) in [6.45, 7) is 3.76. The van der Waals surface area contributed by atoms with Crippen LogP contribution in [-0.2, 0) is 16.6 Å². The summed E-state index contributed by atoms with van der Waals surface area (Å²) in [5.41, 5.74) is 0.966. The summed E-state index contributed by atoms with van der Waals surface area (Å²) in [6, 6.07) is 8.04. The molecule has 1 amide bonds. The number of carbonyl (C=O) groups excluding carboxylic acids is 1. The van der Waals surface area contributed by atoms with E-state index in [4.69, 9.17) is 9.72 Å². The predicted molar refractivity (Wildman–Crippen MR) is 110 cm³/mol. The Kier molecular flexibility index (Phi) is 4.41. The second-order valence-corrected chi connectivity index (χ2v) is 9.16. The van der Waals surface area contributed by atoms with Crippen LogP contribution >= 0.6 is 0 Å². The average Bonchev–Trinajstić information content (AvgIpc) is 3.21. The normalized spacial score (nSPS) is 23.8. The summed E-state index contributed by atoms with van der Waals surface area (Å²) in [6.07, 6.45) is 7.45. The van der Waals surface area contributed by atoms with Crippen molar-refractivity contribution in [2.45, 2.75) is 63.2 Å². The van der Waals surface area contributed by atoms with E-state index in [1.54, 1.807) is 7.11 Å². The van der Waals surface area contributed by atoms with Gasteiger partial charge in [0, 0.05) is 25.4 Å². The minimum atomic E-state index is -0.335. The number of benzene rings is 1. The van der Waals surface area contributed by atoms with Gasteiger partial charge in [-0.3, -0.25) is 9.89 Å². The molecule has 1 N–H and O–H groups in total. The fourth-order valence-electron chi connectivity index (χ4n) is 5.39. The van der Waals surface area contributed by atoms with Crippen LogP contribution in [-0.4, -0.2) is 46.2 Å². The van der Waals surface area contributed by atoms with E-state index >= 15 is 0 Å². The maximum absolute atomic E-state index is 13.6. The number of nitrogens with one attached hydrogen (secondary N) is 1. The van der Waals surface area contributed by atoms with Crippen molar-refractivity contribution in [2.24, 2.45) is 5.41 Å². The summed E-state index contributed by atoms with van der Waals surface area (Å²) in [7, 11) is 1.67. The Bertz CT molecular complexity index is 896. The molecule has 0 radical (unpaired) electrons. The van der Waals surface area contributed by atoms with E-state index in [2.05, 4.69) is 34.2 Å². The minimum Gasteiger partial charge on any atom is -0.497 e. The molecule has 1 saturated heterocycles. The Balaban J connectivity index is 1.38. The molecular weight excluding hydrogens is 364 g/mol. The van der Waals surface area contributed by atoms with Crippen LogP contribution in [0, 0.1) is 5.41 Å². The van der Waals surface area contributed by atoms with Crippen LogP contribution < -0.4 is 4.74 Å². The monoisotopic (exact) mass is 394 g/mol. The van der Waals surface area contributed by atoms with Crippen molar-refractivity contribution < 1.29 is 9.53 Å². The molecule has 2 aliphatic carbocycles. The van der Waals surface area contributed by atoms with Gasteiger partial charge in [-0.1, -0.05) is 25.5 Å². The summed E-state index contributed by atoms with van der Waals surface area (Å²) >= 11 is 0. The van der Waals surface area contributed by atoms with Crippen LogP contribution in [0.3, 0.4) is 0 Å². The molecule has 6 nitrogen and oxygen atoms in total. The zero-order valence-corrected chi connectivity index (χ0v) is 17.4. The molecule has 0 bridgehead atoms. The summed E-state index contributed by atoms with van der Waals surface area (Å²) < 4.78 is 5.28. The number of aryl methyl sites for hydroxylation is 1. The molecule has 1 atom stereocenters. The number of likely N-dealkylation sites (tertiary alicyclic amines) is 1. The molecule has 29 heavy (non-hydrogen) atoms.